The van der Waals surface area contributed by atoms with E-state index in [0.29, 0.717) is 5.56 Å². The molecule has 4 nitrogen and oxygen atoms in total. The lowest BCUT2D eigenvalue weighted by atomic mass is 10.0. The minimum atomic E-state index is 0.654. The van der Waals surface area contributed by atoms with Crippen LogP contribution in [0.15, 0.2) is 65.7 Å². The number of hydrogen-bond acceptors (Lipinski definition) is 3. The minimum absolute atomic E-state index is 0.654. The molecule has 0 bridgehead atoms. The normalized spacial score (nSPS) is 10.9. The number of furan rings is 1. The van der Waals surface area contributed by atoms with Gasteiger partial charge < -0.3 is 9.40 Å². The fourth-order valence-electron chi connectivity index (χ4n) is 2.61. The van der Waals surface area contributed by atoms with Crippen molar-refractivity contribution in [2.45, 2.75) is 0 Å². The number of fused-ring (bicyclic) bond motifs is 1. The van der Waals surface area contributed by atoms with Crippen molar-refractivity contribution in [3.8, 4) is 22.3 Å². The lowest BCUT2D eigenvalue weighted by Crippen LogP contribution is -1.85. The number of carbonyl (C=O) groups is 1. The number of pyridine rings is 1. The molecule has 22 heavy (non-hydrogen) atoms. The van der Waals surface area contributed by atoms with Gasteiger partial charge >= 0.3 is 0 Å². The van der Waals surface area contributed by atoms with Crippen molar-refractivity contribution in [3.63, 3.8) is 0 Å². The molecule has 0 aliphatic heterocycles. The molecule has 3 aromatic heterocycles. The Balaban J connectivity index is 1.89. The summed E-state index contributed by atoms with van der Waals surface area (Å²) in [7, 11) is 0. The van der Waals surface area contributed by atoms with Crippen LogP contribution in [-0.4, -0.2) is 16.3 Å². The summed E-state index contributed by atoms with van der Waals surface area (Å²) in [6.07, 6.45) is 7.94. The largest absolute Gasteiger partial charge is 0.472 e. The molecule has 0 saturated carbocycles. The van der Waals surface area contributed by atoms with Crippen LogP contribution >= 0.6 is 0 Å². The van der Waals surface area contributed by atoms with Crippen molar-refractivity contribution in [2.75, 3.05) is 0 Å². The second-order valence-electron chi connectivity index (χ2n) is 5.08. The first-order valence-corrected chi connectivity index (χ1v) is 6.90. The first-order chi connectivity index (χ1) is 10.8. The van der Waals surface area contributed by atoms with E-state index in [4.69, 9.17) is 4.42 Å². The molecule has 0 aliphatic carbocycles. The van der Waals surface area contributed by atoms with Gasteiger partial charge in [0.25, 0.3) is 0 Å². The van der Waals surface area contributed by atoms with Gasteiger partial charge in [0.15, 0.2) is 0 Å². The molecule has 0 saturated heterocycles. The molecule has 0 amide bonds. The Labute approximate surface area is 126 Å². The highest BCUT2D eigenvalue weighted by Crippen LogP contribution is 2.31. The zero-order valence-electron chi connectivity index (χ0n) is 11.6. The average Bonchev–Trinajstić information content (AvgIpc) is 3.23. The first-order valence-electron chi connectivity index (χ1n) is 6.90. The predicted octanol–water partition coefficient (Wildman–Crippen LogP) is 4.30. The summed E-state index contributed by atoms with van der Waals surface area (Å²) in [5.74, 6) is 0. The van der Waals surface area contributed by atoms with Gasteiger partial charge in [0.1, 0.15) is 11.9 Å². The average molecular weight is 288 g/mol. The van der Waals surface area contributed by atoms with E-state index in [-0.39, 0.29) is 0 Å². The Kier molecular flexibility index (Phi) is 2.86. The number of aromatic nitrogens is 2. The third kappa shape index (κ3) is 2.02. The predicted molar refractivity (Wildman–Crippen MR) is 84.6 cm³/mol. The second-order valence-corrected chi connectivity index (χ2v) is 5.08. The molecular formula is C18H12N2O2. The fourth-order valence-corrected chi connectivity index (χ4v) is 2.61. The highest BCUT2D eigenvalue weighted by atomic mass is 16.3. The van der Waals surface area contributed by atoms with Crippen LogP contribution in [-0.2, 0) is 0 Å². The van der Waals surface area contributed by atoms with Crippen molar-refractivity contribution in [1.29, 1.82) is 0 Å². The van der Waals surface area contributed by atoms with Gasteiger partial charge in [-0.3, -0.25) is 4.79 Å². The quantitative estimate of drug-likeness (QED) is 0.572. The molecule has 106 valence electrons. The molecule has 0 unspecified atom stereocenters. The summed E-state index contributed by atoms with van der Waals surface area (Å²) in [5.41, 5.74) is 5.48. The fraction of sp³-hybridized carbons (Fsp3) is 0. The van der Waals surface area contributed by atoms with Crippen LogP contribution in [0.2, 0.25) is 0 Å². The molecule has 3 heterocycles. The molecule has 0 atom stereocenters. The number of carbonyl (C=O) groups excluding carboxylic acids is 1. The molecule has 4 aromatic rings. The molecule has 0 spiro atoms. The van der Waals surface area contributed by atoms with Gasteiger partial charge in [0, 0.05) is 40.0 Å². The standard InChI is InChI=1S/C18H12N2O2/c21-10-12-2-1-3-13(6-12)15-7-16-17(14-4-5-22-11-14)9-20-18(16)19-8-15/h1-11H,(H,19,20). The Morgan fingerprint density at radius 2 is 2.05 bits per heavy atom. The number of rotatable bonds is 3. The number of H-pyrrole nitrogens is 1. The number of hydrogen-bond donors (Lipinski definition) is 1. The van der Waals surface area contributed by atoms with Crippen molar-refractivity contribution in [3.05, 3.63) is 66.9 Å². The molecule has 0 aliphatic rings. The lowest BCUT2D eigenvalue weighted by molar-refractivity contribution is 0.112. The molecular weight excluding hydrogens is 276 g/mol. The highest BCUT2D eigenvalue weighted by Gasteiger charge is 2.10. The maximum atomic E-state index is 10.9. The van der Waals surface area contributed by atoms with Gasteiger partial charge in [-0.05, 0) is 23.8 Å². The van der Waals surface area contributed by atoms with Crippen LogP contribution in [0.4, 0.5) is 0 Å². The molecule has 1 aromatic carbocycles. The summed E-state index contributed by atoms with van der Waals surface area (Å²) in [6.45, 7) is 0. The van der Waals surface area contributed by atoms with Crippen molar-refractivity contribution < 1.29 is 9.21 Å². The van der Waals surface area contributed by atoms with Gasteiger partial charge in [-0.1, -0.05) is 18.2 Å². The Hall–Kier alpha value is -3.14. The molecule has 4 heteroatoms. The Morgan fingerprint density at radius 1 is 1.09 bits per heavy atom. The number of aromatic amines is 1. The van der Waals surface area contributed by atoms with Crippen molar-refractivity contribution in [2.24, 2.45) is 0 Å². The summed E-state index contributed by atoms with van der Waals surface area (Å²) in [4.78, 5) is 18.6. The van der Waals surface area contributed by atoms with Crippen molar-refractivity contribution >= 4 is 17.3 Å². The highest BCUT2D eigenvalue weighted by molar-refractivity contribution is 5.95. The zero-order chi connectivity index (χ0) is 14.9. The van der Waals surface area contributed by atoms with Crippen LogP contribution in [0.3, 0.4) is 0 Å². The van der Waals surface area contributed by atoms with Crippen LogP contribution in [0, 0.1) is 0 Å². The number of benzene rings is 1. The number of nitrogens with zero attached hydrogens (tertiary/aromatic N) is 1. The lowest BCUT2D eigenvalue weighted by Gasteiger charge is -2.03. The molecule has 0 radical (unpaired) electrons. The SMILES string of the molecule is O=Cc1cccc(-c2cnc3[nH]cc(-c4ccoc4)c3c2)c1. The van der Waals surface area contributed by atoms with E-state index in [9.17, 15) is 4.79 Å². The maximum Gasteiger partial charge on any atom is 0.150 e. The van der Waals surface area contributed by atoms with Crippen LogP contribution in [0.5, 0.6) is 0 Å². The van der Waals surface area contributed by atoms with Gasteiger partial charge in [-0.25, -0.2) is 4.98 Å². The smallest absolute Gasteiger partial charge is 0.150 e. The van der Waals surface area contributed by atoms with Gasteiger partial charge in [0.05, 0.1) is 12.5 Å². The second kappa shape index (κ2) is 5.00. The number of nitrogens with one attached hydrogen (secondary N) is 1. The summed E-state index contributed by atoms with van der Waals surface area (Å²) in [6, 6.07) is 11.5. The third-order valence-electron chi connectivity index (χ3n) is 3.72. The van der Waals surface area contributed by atoms with Crippen LogP contribution in [0.25, 0.3) is 33.3 Å². The zero-order valence-corrected chi connectivity index (χ0v) is 11.6. The maximum absolute atomic E-state index is 10.9. The van der Waals surface area contributed by atoms with E-state index in [1.807, 2.05) is 36.7 Å². The van der Waals surface area contributed by atoms with Gasteiger partial charge in [0.2, 0.25) is 0 Å². The van der Waals surface area contributed by atoms with Crippen molar-refractivity contribution in [1.82, 2.24) is 9.97 Å². The van der Waals surface area contributed by atoms with E-state index >= 15 is 0 Å². The summed E-state index contributed by atoms with van der Waals surface area (Å²) < 4.78 is 5.16. The number of aldehydes is 1. The van der Waals surface area contributed by atoms with Gasteiger partial charge in [-0.15, -0.1) is 0 Å². The third-order valence-corrected chi connectivity index (χ3v) is 3.72. The van der Waals surface area contributed by atoms with Crippen LogP contribution < -0.4 is 0 Å². The van der Waals surface area contributed by atoms with E-state index < -0.39 is 0 Å². The molecule has 1 N–H and O–H groups in total. The minimum Gasteiger partial charge on any atom is -0.472 e. The van der Waals surface area contributed by atoms with Crippen LogP contribution in [0.1, 0.15) is 10.4 Å². The summed E-state index contributed by atoms with van der Waals surface area (Å²) >= 11 is 0. The monoisotopic (exact) mass is 288 g/mol. The van der Waals surface area contributed by atoms with E-state index in [1.54, 1.807) is 18.6 Å². The Morgan fingerprint density at radius 3 is 2.86 bits per heavy atom. The van der Waals surface area contributed by atoms with Gasteiger partial charge in [-0.2, -0.15) is 0 Å². The van der Waals surface area contributed by atoms with E-state index in [2.05, 4.69) is 16.0 Å². The Bertz CT molecular complexity index is 952. The van der Waals surface area contributed by atoms with E-state index in [0.717, 1.165) is 39.6 Å². The molecule has 0 fully saturated rings. The summed E-state index contributed by atoms with van der Waals surface area (Å²) in [5, 5.41) is 1.02. The first kappa shape index (κ1) is 12.6. The van der Waals surface area contributed by atoms with E-state index in [1.165, 1.54) is 0 Å². The topological polar surface area (TPSA) is 58.9 Å². The molecule has 4 rings (SSSR count).